The summed E-state index contributed by atoms with van der Waals surface area (Å²) in [6.45, 7) is 3.61. The Morgan fingerprint density at radius 3 is 2.18 bits per heavy atom. The molecular formula is C8H18N2O. The minimum absolute atomic E-state index is 0.223. The Hall–Kier alpha value is -0.570. The van der Waals surface area contributed by atoms with Gasteiger partial charge in [0, 0.05) is 26.6 Å². The van der Waals surface area contributed by atoms with Crippen LogP contribution in [-0.4, -0.2) is 49.9 Å². The summed E-state index contributed by atoms with van der Waals surface area (Å²) in [6, 6.07) is 0. The molecule has 3 nitrogen and oxygen atoms in total. The van der Waals surface area contributed by atoms with Crippen molar-refractivity contribution < 1.29 is 4.79 Å². The van der Waals surface area contributed by atoms with Crippen molar-refractivity contribution in [2.45, 2.75) is 13.3 Å². The Balaban J connectivity index is 3.52. The number of amides is 1. The average molecular weight is 158 g/mol. The van der Waals surface area contributed by atoms with E-state index in [4.69, 9.17) is 0 Å². The highest BCUT2D eigenvalue weighted by molar-refractivity contribution is 5.75. The predicted molar refractivity (Wildman–Crippen MR) is 46.5 cm³/mol. The zero-order valence-corrected chi connectivity index (χ0v) is 7.92. The molecular weight excluding hydrogens is 140 g/mol. The molecule has 0 heterocycles. The van der Waals surface area contributed by atoms with Gasteiger partial charge in [0.05, 0.1) is 0 Å². The third kappa shape index (κ3) is 4.79. The summed E-state index contributed by atoms with van der Waals surface area (Å²) in [6.07, 6.45) is 0.622. The van der Waals surface area contributed by atoms with E-state index in [9.17, 15) is 4.79 Å². The van der Waals surface area contributed by atoms with Crippen LogP contribution in [0.1, 0.15) is 13.3 Å². The average Bonchev–Trinajstić information content (AvgIpc) is 1.98. The Bertz CT molecular complexity index is 123. The smallest absolute Gasteiger partial charge is 0.223 e. The zero-order chi connectivity index (χ0) is 8.85. The summed E-state index contributed by atoms with van der Waals surface area (Å²) in [5.74, 6) is 0.223. The highest BCUT2D eigenvalue weighted by Crippen LogP contribution is 1.90. The monoisotopic (exact) mass is 158 g/mol. The van der Waals surface area contributed by atoms with Crippen LogP contribution in [0.4, 0.5) is 0 Å². The summed E-state index contributed by atoms with van der Waals surface area (Å²) in [5, 5.41) is 0. The molecule has 3 heteroatoms. The van der Waals surface area contributed by atoms with E-state index in [0.717, 1.165) is 13.1 Å². The molecule has 0 atom stereocenters. The van der Waals surface area contributed by atoms with E-state index >= 15 is 0 Å². The molecule has 0 fully saturated rings. The normalized spacial score (nSPS) is 10.3. The van der Waals surface area contributed by atoms with Crippen molar-refractivity contribution in [2.24, 2.45) is 0 Å². The van der Waals surface area contributed by atoms with Gasteiger partial charge in [-0.05, 0) is 21.0 Å². The molecule has 0 spiro atoms. The molecule has 0 aliphatic carbocycles. The number of hydrogen-bond acceptors (Lipinski definition) is 2. The molecule has 0 aromatic rings. The Labute approximate surface area is 69.0 Å². The van der Waals surface area contributed by atoms with Crippen LogP contribution < -0.4 is 0 Å². The first-order chi connectivity index (χ1) is 5.07. The molecule has 0 aromatic carbocycles. The predicted octanol–water partition coefficient (Wildman–Crippen LogP) is 0.416. The fraction of sp³-hybridized carbons (Fsp3) is 0.875. The van der Waals surface area contributed by atoms with Crippen molar-refractivity contribution in [1.82, 2.24) is 9.80 Å². The number of rotatable bonds is 4. The maximum absolute atomic E-state index is 11.2. The van der Waals surface area contributed by atoms with Gasteiger partial charge in [-0.15, -0.1) is 0 Å². The van der Waals surface area contributed by atoms with Crippen molar-refractivity contribution in [3.05, 3.63) is 0 Å². The molecule has 0 bridgehead atoms. The largest absolute Gasteiger partial charge is 0.346 e. The van der Waals surface area contributed by atoms with E-state index in [0.29, 0.717) is 6.42 Å². The first-order valence-corrected chi connectivity index (χ1v) is 3.96. The number of hydrogen-bond donors (Lipinski definition) is 0. The first-order valence-electron chi connectivity index (χ1n) is 3.96. The lowest BCUT2D eigenvalue weighted by Crippen LogP contribution is -2.29. The van der Waals surface area contributed by atoms with Crippen molar-refractivity contribution in [1.29, 1.82) is 0 Å². The van der Waals surface area contributed by atoms with Crippen LogP contribution in [0.25, 0.3) is 0 Å². The van der Waals surface area contributed by atoms with E-state index in [1.807, 2.05) is 33.0 Å². The number of carbonyl (C=O) groups is 1. The van der Waals surface area contributed by atoms with Crippen LogP contribution in [0.2, 0.25) is 0 Å². The summed E-state index contributed by atoms with van der Waals surface area (Å²) >= 11 is 0. The number of nitrogens with zero attached hydrogens (tertiary/aromatic N) is 2. The Kier molecular flexibility index (Phi) is 4.86. The summed E-state index contributed by atoms with van der Waals surface area (Å²) in [5.41, 5.74) is 0. The second-order valence-electron chi connectivity index (χ2n) is 2.96. The minimum Gasteiger partial charge on any atom is -0.346 e. The molecule has 1 amide bonds. The first kappa shape index (κ1) is 10.4. The van der Waals surface area contributed by atoms with Crippen LogP contribution in [0.3, 0.4) is 0 Å². The van der Waals surface area contributed by atoms with E-state index in [1.54, 1.807) is 4.90 Å². The lowest BCUT2D eigenvalue weighted by atomic mass is 10.3. The third-order valence-corrected chi connectivity index (χ3v) is 1.67. The minimum atomic E-state index is 0.223. The molecule has 0 rings (SSSR count). The van der Waals surface area contributed by atoms with Gasteiger partial charge < -0.3 is 9.80 Å². The standard InChI is InChI=1S/C8H18N2O/c1-5-10(4)8(11)6-7-9(2)3/h5-7H2,1-4H3. The van der Waals surface area contributed by atoms with E-state index in [1.165, 1.54) is 0 Å². The van der Waals surface area contributed by atoms with Gasteiger partial charge >= 0.3 is 0 Å². The van der Waals surface area contributed by atoms with Gasteiger partial charge in [0.1, 0.15) is 0 Å². The zero-order valence-electron chi connectivity index (χ0n) is 7.92. The van der Waals surface area contributed by atoms with Gasteiger partial charge in [-0.2, -0.15) is 0 Å². The van der Waals surface area contributed by atoms with Crippen molar-refractivity contribution >= 4 is 5.91 Å². The summed E-state index contributed by atoms with van der Waals surface area (Å²) in [7, 11) is 5.77. The van der Waals surface area contributed by atoms with E-state index < -0.39 is 0 Å². The molecule has 66 valence electrons. The molecule has 0 N–H and O–H groups in total. The fourth-order valence-electron chi connectivity index (χ4n) is 0.686. The van der Waals surface area contributed by atoms with Gasteiger partial charge in [0.15, 0.2) is 0 Å². The summed E-state index contributed by atoms with van der Waals surface area (Å²) in [4.78, 5) is 14.9. The van der Waals surface area contributed by atoms with Crippen LogP contribution >= 0.6 is 0 Å². The quantitative estimate of drug-likeness (QED) is 0.592. The molecule has 0 aliphatic rings. The van der Waals surface area contributed by atoms with Crippen LogP contribution in [0, 0.1) is 0 Å². The van der Waals surface area contributed by atoms with Gasteiger partial charge in [-0.3, -0.25) is 4.79 Å². The lowest BCUT2D eigenvalue weighted by molar-refractivity contribution is -0.129. The molecule has 11 heavy (non-hydrogen) atoms. The molecule has 0 aromatic heterocycles. The SMILES string of the molecule is CCN(C)C(=O)CCN(C)C. The van der Waals surface area contributed by atoms with Gasteiger partial charge in [0.2, 0.25) is 5.91 Å². The molecule has 0 saturated carbocycles. The highest BCUT2D eigenvalue weighted by atomic mass is 16.2. The van der Waals surface area contributed by atoms with E-state index in [2.05, 4.69) is 0 Å². The number of carbonyl (C=O) groups excluding carboxylic acids is 1. The highest BCUT2D eigenvalue weighted by Gasteiger charge is 2.05. The summed E-state index contributed by atoms with van der Waals surface area (Å²) < 4.78 is 0. The van der Waals surface area contributed by atoms with Crippen molar-refractivity contribution in [3.8, 4) is 0 Å². The Morgan fingerprint density at radius 2 is 1.82 bits per heavy atom. The molecule has 0 unspecified atom stereocenters. The van der Waals surface area contributed by atoms with Crippen molar-refractivity contribution in [3.63, 3.8) is 0 Å². The van der Waals surface area contributed by atoms with Gasteiger partial charge in [-0.25, -0.2) is 0 Å². The Morgan fingerprint density at radius 1 is 1.27 bits per heavy atom. The molecule has 0 saturated heterocycles. The maximum Gasteiger partial charge on any atom is 0.223 e. The lowest BCUT2D eigenvalue weighted by Gasteiger charge is -2.15. The van der Waals surface area contributed by atoms with Crippen LogP contribution in [0.15, 0.2) is 0 Å². The topological polar surface area (TPSA) is 23.6 Å². The second kappa shape index (κ2) is 5.13. The van der Waals surface area contributed by atoms with E-state index in [-0.39, 0.29) is 5.91 Å². The van der Waals surface area contributed by atoms with Gasteiger partial charge in [0.25, 0.3) is 0 Å². The van der Waals surface area contributed by atoms with Crippen molar-refractivity contribution in [2.75, 3.05) is 34.2 Å². The van der Waals surface area contributed by atoms with Crippen LogP contribution in [0.5, 0.6) is 0 Å². The fourth-order valence-corrected chi connectivity index (χ4v) is 0.686. The second-order valence-corrected chi connectivity index (χ2v) is 2.96. The van der Waals surface area contributed by atoms with Crippen LogP contribution in [-0.2, 0) is 4.79 Å². The maximum atomic E-state index is 11.2. The molecule has 0 radical (unpaired) electrons. The molecule has 0 aliphatic heterocycles. The third-order valence-electron chi connectivity index (χ3n) is 1.67. The van der Waals surface area contributed by atoms with Gasteiger partial charge in [-0.1, -0.05) is 0 Å².